The summed E-state index contributed by atoms with van der Waals surface area (Å²) in [6, 6.07) is 10.8. The number of benzene rings is 2. The van der Waals surface area contributed by atoms with Crippen molar-refractivity contribution in [3.63, 3.8) is 0 Å². The fraction of sp³-hybridized carbons (Fsp3) is 0.316. The molecule has 0 bridgehead atoms. The standard InChI is InChI=1S/C19H19BrClNO4S/c1-2-25-16-8-12(18-22-15(10-27-18)19(23)24)7-13(20)17(16)26-9-11-5-3-4-6-14(11)21/h3-8,15,18,22H,2,9-10H2,1H3,(H,23,24). The van der Waals surface area contributed by atoms with Crippen LogP contribution in [0.3, 0.4) is 0 Å². The Kier molecular flexibility index (Phi) is 6.92. The Hall–Kier alpha value is -1.41. The van der Waals surface area contributed by atoms with E-state index in [1.165, 1.54) is 0 Å². The van der Waals surface area contributed by atoms with Crippen LogP contribution in [-0.2, 0) is 11.4 Å². The van der Waals surface area contributed by atoms with Crippen molar-refractivity contribution in [2.45, 2.75) is 24.9 Å². The zero-order valence-corrected chi connectivity index (χ0v) is 17.7. The minimum Gasteiger partial charge on any atom is -0.490 e. The largest absolute Gasteiger partial charge is 0.490 e. The molecule has 3 rings (SSSR count). The highest BCUT2D eigenvalue weighted by molar-refractivity contribution is 9.10. The maximum atomic E-state index is 11.2. The fourth-order valence-corrected chi connectivity index (χ4v) is 4.69. The van der Waals surface area contributed by atoms with Gasteiger partial charge >= 0.3 is 5.97 Å². The van der Waals surface area contributed by atoms with Crippen LogP contribution >= 0.6 is 39.3 Å². The smallest absolute Gasteiger partial charge is 0.321 e. The zero-order chi connectivity index (χ0) is 19.4. The van der Waals surface area contributed by atoms with E-state index in [0.29, 0.717) is 35.5 Å². The second-order valence-electron chi connectivity index (χ2n) is 5.91. The lowest BCUT2D eigenvalue weighted by Gasteiger charge is -2.18. The minimum atomic E-state index is -0.839. The first-order valence-electron chi connectivity index (χ1n) is 8.42. The van der Waals surface area contributed by atoms with Crippen molar-refractivity contribution in [3.8, 4) is 11.5 Å². The number of carboxylic acid groups (broad SMARTS) is 1. The number of carbonyl (C=O) groups is 1. The molecule has 5 nitrogen and oxygen atoms in total. The number of carboxylic acids is 1. The van der Waals surface area contributed by atoms with Gasteiger partial charge in [-0.15, -0.1) is 11.8 Å². The van der Waals surface area contributed by atoms with Crippen molar-refractivity contribution in [2.75, 3.05) is 12.4 Å². The lowest BCUT2D eigenvalue weighted by Crippen LogP contribution is -2.33. The molecule has 8 heteroatoms. The monoisotopic (exact) mass is 471 g/mol. The van der Waals surface area contributed by atoms with Gasteiger partial charge in [-0.05, 0) is 46.6 Å². The molecule has 0 radical (unpaired) electrons. The molecule has 1 aliphatic rings. The van der Waals surface area contributed by atoms with Gasteiger partial charge in [0.2, 0.25) is 0 Å². The van der Waals surface area contributed by atoms with Gasteiger partial charge in [0.1, 0.15) is 12.6 Å². The fourth-order valence-electron chi connectivity index (χ4n) is 2.71. The van der Waals surface area contributed by atoms with Crippen LogP contribution in [0.2, 0.25) is 5.02 Å². The van der Waals surface area contributed by atoms with Crippen LogP contribution in [0.15, 0.2) is 40.9 Å². The number of hydrogen-bond acceptors (Lipinski definition) is 5. The lowest BCUT2D eigenvalue weighted by atomic mass is 10.1. The summed E-state index contributed by atoms with van der Waals surface area (Å²) in [4.78, 5) is 11.2. The van der Waals surface area contributed by atoms with Crippen LogP contribution < -0.4 is 14.8 Å². The van der Waals surface area contributed by atoms with Crippen LogP contribution in [0.25, 0.3) is 0 Å². The molecule has 0 saturated carbocycles. The molecule has 1 aliphatic heterocycles. The van der Waals surface area contributed by atoms with Crippen LogP contribution in [-0.4, -0.2) is 29.5 Å². The highest BCUT2D eigenvalue weighted by atomic mass is 79.9. The molecule has 0 amide bonds. The summed E-state index contributed by atoms with van der Waals surface area (Å²) in [6.07, 6.45) is 0. The normalized spacial score (nSPS) is 19.1. The van der Waals surface area contributed by atoms with Crippen molar-refractivity contribution in [3.05, 3.63) is 57.0 Å². The molecule has 1 fully saturated rings. The topological polar surface area (TPSA) is 67.8 Å². The Balaban J connectivity index is 1.82. The van der Waals surface area contributed by atoms with Crippen molar-refractivity contribution in [1.29, 1.82) is 0 Å². The molecule has 2 aromatic carbocycles. The van der Waals surface area contributed by atoms with Gasteiger partial charge in [-0.3, -0.25) is 10.1 Å². The maximum absolute atomic E-state index is 11.2. The first kappa shape index (κ1) is 20.3. The van der Waals surface area contributed by atoms with E-state index in [9.17, 15) is 9.90 Å². The Labute approximate surface area is 175 Å². The molecule has 2 atom stereocenters. The van der Waals surface area contributed by atoms with Crippen LogP contribution in [0.4, 0.5) is 0 Å². The molecule has 2 unspecified atom stereocenters. The summed E-state index contributed by atoms with van der Waals surface area (Å²) in [5.41, 5.74) is 1.82. The zero-order valence-electron chi connectivity index (χ0n) is 14.6. The lowest BCUT2D eigenvalue weighted by molar-refractivity contribution is -0.138. The molecule has 0 aromatic heterocycles. The molecule has 144 valence electrons. The molecule has 1 heterocycles. The van der Waals surface area contributed by atoms with Crippen molar-refractivity contribution in [2.24, 2.45) is 0 Å². The number of ether oxygens (including phenoxy) is 2. The average molecular weight is 473 g/mol. The third-order valence-electron chi connectivity index (χ3n) is 4.04. The second kappa shape index (κ2) is 9.19. The van der Waals surface area contributed by atoms with Gasteiger partial charge in [-0.2, -0.15) is 0 Å². The van der Waals surface area contributed by atoms with Gasteiger partial charge in [-0.25, -0.2) is 0 Å². The van der Waals surface area contributed by atoms with Gasteiger partial charge in [-0.1, -0.05) is 29.8 Å². The van der Waals surface area contributed by atoms with E-state index in [1.54, 1.807) is 11.8 Å². The van der Waals surface area contributed by atoms with Crippen molar-refractivity contribution in [1.82, 2.24) is 5.32 Å². The third-order valence-corrected chi connectivity index (χ3v) is 6.27. The molecule has 27 heavy (non-hydrogen) atoms. The minimum absolute atomic E-state index is 0.112. The van der Waals surface area contributed by atoms with E-state index in [4.69, 9.17) is 21.1 Å². The first-order chi connectivity index (χ1) is 13.0. The maximum Gasteiger partial charge on any atom is 0.321 e. The highest BCUT2D eigenvalue weighted by Crippen LogP contribution is 2.42. The Bertz CT molecular complexity index is 835. The quantitative estimate of drug-likeness (QED) is 0.599. The molecular weight excluding hydrogens is 454 g/mol. The Morgan fingerprint density at radius 1 is 1.37 bits per heavy atom. The van der Waals surface area contributed by atoms with Crippen LogP contribution in [0.5, 0.6) is 11.5 Å². The second-order valence-corrected chi connectivity index (χ2v) is 8.31. The number of aliphatic carboxylic acids is 1. The number of halogens is 2. The van der Waals surface area contributed by atoms with Gasteiger partial charge < -0.3 is 14.6 Å². The summed E-state index contributed by atoms with van der Waals surface area (Å²) >= 11 is 11.3. The number of thioether (sulfide) groups is 1. The average Bonchev–Trinajstić information content (AvgIpc) is 3.13. The summed E-state index contributed by atoms with van der Waals surface area (Å²) in [5, 5.41) is 12.8. The number of rotatable bonds is 7. The predicted octanol–water partition coefficient (Wildman–Crippen LogP) is 4.87. The summed E-state index contributed by atoms with van der Waals surface area (Å²) in [7, 11) is 0. The van der Waals surface area contributed by atoms with E-state index in [1.807, 2.05) is 43.3 Å². The summed E-state index contributed by atoms with van der Waals surface area (Å²) in [5.74, 6) is 0.883. The Morgan fingerprint density at radius 3 is 2.81 bits per heavy atom. The van der Waals surface area contributed by atoms with E-state index in [-0.39, 0.29) is 5.37 Å². The summed E-state index contributed by atoms with van der Waals surface area (Å²) < 4.78 is 12.5. The van der Waals surface area contributed by atoms with E-state index >= 15 is 0 Å². The first-order valence-corrected chi connectivity index (χ1v) is 10.6. The van der Waals surface area contributed by atoms with Gasteiger partial charge in [0.05, 0.1) is 16.5 Å². The molecule has 0 spiro atoms. The van der Waals surface area contributed by atoms with Crippen molar-refractivity contribution >= 4 is 45.3 Å². The van der Waals surface area contributed by atoms with Gasteiger partial charge in [0.15, 0.2) is 11.5 Å². The molecule has 1 saturated heterocycles. The Morgan fingerprint density at radius 2 is 2.15 bits per heavy atom. The van der Waals surface area contributed by atoms with E-state index < -0.39 is 12.0 Å². The van der Waals surface area contributed by atoms with Crippen LogP contribution in [0, 0.1) is 0 Å². The predicted molar refractivity (Wildman–Crippen MR) is 111 cm³/mol. The highest BCUT2D eigenvalue weighted by Gasteiger charge is 2.31. The molecular formula is C19H19BrClNO4S. The van der Waals surface area contributed by atoms with E-state index in [0.717, 1.165) is 15.6 Å². The summed E-state index contributed by atoms with van der Waals surface area (Å²) in [6.45, 7) is 2.71. The molecule has 0 aliphatic carbocycles. The van der Waals surface area contributed by atoms with Crippen LogP contribution in [0.1, 0.15) is 23.4 Å². The molecule has 2 N–H and O–H groups in total. The van der Waals surface area contributed by atoms with Gasteiger partial charge in [0.25, 0.3) is 0 Å². The van der Waals surface area contributed by atoms with E-state index in [2.05, 4.69) is 21.2 Å². The van der Waals surface area contributed by atoms with Crippen molar-refractivity contribution < 1.29 is 19.4 Å². The third kappa shape index (κ3) is 4.90. The number of hydrogen-bond donors (Lipinski definition) is 2. The molecule has 2 aromatic rings. The number of nitrogens with one attached hydrogen (secondary N) is 1. The van der Waals surface area contributed by atoms with Gasteiger partial charge in [0, 0.05) is 16.3 Å². The SMILES string of the molecule is CCOc1cc(C2NC(C(=O)O)CS2)cc(Br)c1OCc1ccccc1Cl.